The molecule has 2 heterocycles. The molecule has 20 heavy (non-hydrogen) atoms. The van der Waals surface area contributed by atoms with Gasteiger partial charge in [-0.25, -0.2) is 4.79 Å². The zero-order chi connectivity index (χ0) is 14.1. The lowest BCUT2D eigenvalue weighted by molar-refractivity contribution is 0.144. The van der Waals surface area contributed by atoms with E-state index in [2.05, 4.69) is 5.10 Å². The maximum atomic E-state index is 10.9. The van der Waals surface area contributed by atoms with E-state index in [1.807, 2.05) is 35.1 Å². The molecule has 0 saturated heterocycles. The lowest BCUT2D eigenvalue weighted by atomic mass is 10.2. The average molecular weight is 273 g/mol. The standard InChI is InChI=1S/C14H15N3O3/c1-20-12-4-2-10(3-5-12)6-17-8-11-7-16(14(18)19)9-13(11)15-17/h2-5,8H,6-7,9H2,1H3,(H,18,19). The van der Waals surface area contributed by atoms with Gasteiger partial charge in [-0.1, -0.05) is 12.1 Å². The van der Waals surface area contributed by atoms with Gasteiger partial charge < -0.3 is 9.84 Å². The summed E-state index contributed by atoms with van der Waals surface area (Å²) in [6.45, 7) is 1.47. The second-order valence-electron chi connectivity index (χ2n) is 4.79. The second-order valence-corrected chi connectivity index (χ2v) is 4.79. The summed E-state index contributed by atoms with van der Waals surface area (Å²) in [6, 6.07) is 7.82. The summed E-state index contributed by atoms with van der Waals surface area (Å²) in [4.78, 5) is 12.2. The molecule has 1 aliphatic heterocycles. The number of carboxylic acid groups (broad SMARTS) is 1. The van der Waals surface area contributed by atoms with E-state index in [0.717, 1.165) is 22.6 Å². The first-order chi connectivity index (χ1) is 9.65. The lowest BCUT2D eigenvalue weighted by Crippen LogP contribution is -2.23. The molecule has 104 valence electrons. The van der Waals surface area contributed by atoms with E-state index < -0.39 is 6.09 Å². The van der Waals surface area contributed by atoms with Gasteiger partial charge in [0, 0.05) is 11.8 Å². The van der Waals surface area contributed by atoms with Crippen LogP contribution in [0.5, 0.6) is 5.75 Å². The Morgan fingerprint density at radius 1 is 1.35 bits per heavy atom. The van der Waals surface area contributed by atoms with E-state index in [-0.39, 0.29) is 0 Å². The van der Waals surface area contributed by atoms with Crippen molar-refractivity contribution in [1.29, 1.82) is 0 Å². The fraction of sp³-hybridized carbons (Fsp3) is 0.286. The Morgan fingerprint density at radius 3 is 2.70 bits per heavy atom. The van der Waals surface area contributed by atoms with Gasteiger partial charge in [0.2, 0.25) is 0 Å². The zero-order valence-electron chi connectivity index (χ0n) is 11.1. The van der Waals surface area contributed by atoms with Crippen molar-refractivity contribution in [3.05, 3.63) is 47.3 Å². The van der Waals surface area contributed by atoms with Crippen LogP contribution in [-0.2, 0) is 19.6 Å². The number of aromatic nitrogens is 2. The van der Waals surface area contributed by atoms with Gasteiger partial charge >= 0.3 is 6.09 Å². The summed E-state index contributed by atoms with van der Waals surface area (Å²) in [5, 5.41) is 13.4. The average Bonchev–Trinajstić information content (AvgIpc) is 2.97. The van der Waals surface area contributed by atoms with Crippen LogP contribution in [0.25, 0.3) is 0 Å². The van der Waals surface area contributed by atoms with E-state index in [9.17, 15) is 4.79 Å². The second kappa shape index (κ2) is 4.88. The third-order valence-corrected chi connectivity index (χ3v) is 3.40. The highest BCUT2D eigenvalue weighted by Crippen LogP contribution is 2.21. The number of hydrogen-bond donors (Lipinski definition) is 1. The number of rotatable bonds is 3. The predicted molar refractivity (Wildman–Crippen MR) is 71.6 cm³/mol. The zero-order valence-corrected chi connectivity index (χ0v) is 11.1. The van der Waals surface area contributed by atoms with Gasteiger partial charge in [0.05, 0.1) is 32.4 Å². The molecule has 0 spiro atoms. The Morgan fingerprint density at radius 2 is 2.10 bits per heavy atom. The van der Waals surface area contributed by atoms with Crippen molar-refractivity contribution < 1.29 is 14.6 Å². The number of benzene rings is 1. The van der Waals surface area contributed by atoms with Crippen molar-refractivity contribution in [2.45, 2.75) is 19.6 Å². The lowest BCUT2D eigenvalue weighted by Gasteiger charge is -2.10. The van der Waals surface area contributed by atoms with Crippen molar-refractivity contribution >= 4 is 6.09 Å². The van der Waals surface area contributed by atoms with E-state index in [4.69, 9.17) is 9.84 Å². The first-order valence-electron chi connectivity index (χ1n) is 6.31. The summed E-state index contributed by atoms with van der Waals surface area (Å²) < 4.78 is 6.97. The Hall–Kier alpha value is -2.50. The van der Waals surface area contributed by atoms with Crippen LogP contribution >= 0.6 is 0 Å². The quantitative estimate of drug-likeness (QED) is 0.928. The normalized spacial score (nSPS) is 13.3. The van der Waals surface area contributed by atoms with Crippen LogP contribution < -0.4 is 4.74 Å². The minimum Gasteiger partial charge on any atom is -0.497 e. The first-order valence-corrected chi connectivity index (χ1v) is 6.31. The number of ether oxygens (including phenoxy) is 1. The third kappa shape index (κ3) is 2.32. The third-order valence-electron chi connectivity index (χ3n) is 3.40. The van der Waals surface area contributed by atoms with Crippen LogP contribution in [0.1, 0.15) is 16.8 Å². The highest BCUT2D eigenvalue weighted by Gasteiger charge is 2.25. The van der Waals surface area contributed by atoms with Crippen LogP contribution in [0, 0.1) is 0 Å². The first kappa shape index (κ1) is 12.5. The Balaban J connectivity index is 1.71. The minimum absolute atomic E-state index is 0.375. The molecule has 0 radical (unpaired) electrons. The van der Waals surface area contributed by atoms with Gasteiger partial charge in [0.1, 0.15) is 5.75 Å². The van der Waals surface area contributed by atoms with Crippen molar-refractivity contribution in [2.75, 3.05) is 7.11 Å². The molecule has 1 N–H and O–H groups in total. The van der Waals surface area contributed by atoms with Crippen LogP contribution in [0.3, 0.4) is 0 Å². The molecule has 0 fully saturated rings. The van der Waals surface area contributed by atoms with E-state index in [0.29, 0.717) is 19.6 Å². The molecule has 3 rings (SSSR count). The molecule has 0 atom stereocenters. The summed E-state index contributed by atoms with van der Waals surface area (Å²) in [6.07, 6.45) is 1.02. The largest absolute Gasteiger partial charge is 0.497 e. The SMILES string of the molecule is COc1ccc(Cn2cc3c(n2)CN(C(=O)O)C3)cc1. The number of methoxy groups -OCH3 is 1. The van der Waals surface area contributed by atoms with Crippen molar-refractivity contribution in [2.24, 2.45) is 0 Å². The number of nitrogens with zero attached hydrogens (tertiary/aromatic N) is 3. The molecular weight excluding hydrogens is 258 g/mol. The summed E-state index contributed by atoms with van der Waals surface area (Å²) >= 11 is 0. The molecule has 0 saturated carbocycles. The van der Waals surface area contributed by atoms with Crippen LogP contribution in [0.15, 0.2) is 30.5 Å². The highest BCUT2D eigenvalue weighted by molar-refractivity contribution is 5.66. The highest BCUT2D eigenvalue weighted by atomic mass is 16.5. The summed E-state index contributed by atoms with van der Waals surface area (Å²) in [5.74, 6) is 0.828. The number of amides is 1. The van der Waals surface area contributed by atoms with Gasteiger partial charge in [-0.2, -0.15) is 5.10 Å². The Labute approximate surface area is 116 Å². The maximum absolute atomic E-state index is 10.9. The molecule has 6 nitrogen and oxygen atoms in total. The Kier molecular flexibility index (Phi) is 3.06. The van der Waals surface area contributed by atoms with Gasteiger partial charge in [-0.3, -0.25) is 9.58 Å². The summed E-state index contributed by atoms with van der Waals surface area (Å²) in [7, 11) is 1.64. The fourth-order valence-corrected chi connectivity index (χ4v) is 2.34. The van der Waals surface area contributed by atoms with E-state index in [1.165, 1.54) is 4.90 Å². The smallest absolute Gasteiger partial charge is 0.407 e. The molecule has 1 amide bonds. The van der Waals surface area contributed by atoms with E-state index >= 15 is 0 Å². The van der Waals surface area contributed by atoms with Crippen molar-refractivity contribution in [1.82, 2.24) is 14.7 Å². The van der Waals surface area contributed by atoms with Crippen LogP contribution in [-0.4, -0.2) is 33.0 Å². The molecule has 2 aromatic rings. The number of hydrogen-bond acceptors (Lipinski definition) is 3. The monoisotopic (exact) mass is 273 g/mol. The molecular formula is C14H15N3O3. The molecule has 6 heteroatoms. The molecule has 1 aromatic carbocycles. The van der Waals surface area contributed by atoms with Gasteiger partial charge in [-0.15, -0.1) is 0 Å². The topological polar surface area (TPSA) is 67.6 Å². The van der Waals surface area contributed by atoms with E-state index in [1.54, 1.807) is 7.11 Å². The van der Waals surface area contributed by atoms with Gasteiger partial charge in [0.25, 0.3) is 0 Å². The van der Waals surface area contributed by atoms with Crippen LogP contribution in [0.4, 0.5) is 4.79 Å². The van der Waals surface area contributed by atoms with Gasteiger partial charge in [0.15, 0.2) is 0 Å². The maximum Gasteiger partial charge on any atom is 0.407 e. The molecule has 1 aliphatic rings. The fourth-order valence-electron chi connectivity index (χ4n) is 2.34. The van der Waals surface area contributed by atoms with Gasteiger partial charge in [-0.05, 0) is 17.7 Å². The molecule has 0 bridgehead atoms. The van der Waals surface area contributed by atoms with Crippen molar-refractivity contribution in [3.8, 4) is 5.75 Å². The predicted octanol–water partition coefficient (Wildman–Crippen LogP) is 1.93. The Bertz CT molecular complexity index is 610. The van der Waals surface area contributed by atoms with Crippen LogP contribution in [0.2, 0.25) is 0 Å². The molecule has 0 unspecified atom stereocenters. The number of fused-ring (bicyclic) bond motifs is 1. The molecule has 1 aromatic heterocycles. The van der Waals surface area contributed by atoms with Crippen molar-refractivity contribution in [3.63, 3.8) is 0 Å². The minimum atomic E-state index is -0.898. The summed E-state index contributed by atoms with van der Waals surface area (Å²) in [5.41, 5.74) is 2.96. The number of carbonyl (C=O) groups is 1. The molecule has 0 aliphatic carbocycles.